The number of halogens is 1. The van der Waals surface area contributed by atoms with E-state index in [-0.39, 0.29) is 6.04 Å². The predicted molar refractivity (Wildman–Crippen MR) is 116 cm³/mol. The van der Waals surface area contributed by atoms with Crippen molar-refractivity contribution in [3.8, 4) is 11.4 Å². The van der Waals surface area contributed by atoms with Crippen molar-refractivity contribution in [2.24, 2.45) is 0 Å². The molecule has 1 aromatic heterocycles. The van der Waals surface area contributed by atoms with Crippen LogP contribution in [0.1, 0.15) is 38.8 Å². The number of hydrogen-bond donors (Lipinski definition) is 1. The lowest BCUT2D eigenvalue weighted by molar-refractivity contribution is -0.107. The van der Waals surface area contributed by atoms with Crippen LogP contribution < -0.4 is 5.32 Å². The van der Waals surface area contributed by atoms with E-state index < -0.39 is 11.7 Å². The van der Waals surface area contributed by atoms with Crippen LogP contribution >= 0.6 is 11.6 Å². The summed E-state index contributed by atoms with van der Waals surface area (Å²) in [5.41, 5.74) is 0.874. The third kappa shape index (κ3) is 6.35. The molecular formula is C21H26ClN5O4. The Kier molecular flexibility index (Phi) is 7.40. The van der Waals surface area contributed by atoms with Crippen molar-refractivity contribution in [3.05, 3.63) is 35.1 Å². The molecule has 1 saturated heterocycles. The van der Waals surface area contributed by atoms with Crippen LogP contribution in [0.25, 0.3) is 11.4 Å². The van der Waals surface area contributed by atoms with Gasteiger partial charge in [0.15, 0.2) is 5.82 Å². The molecule has 0 radical (unpaired) electrons. The Balaban J connectivity index is 1.88. The Morgan fingerprint density at radius 1 is 1.35 bits per heavy atom. The Bertz CT molecular complexity index is 934. The molecule has 1 fully saturated rings. The normalized spacial score (nSPS) is 16.6. The Morgan fingerprint density at radius 2 is 2.16 bits per heavy atom. The van der Waals surface area contributed by atoms with Gasteiger partial charge in [-0.1, -0.05) is 11.6 Å². The summed E-state index contributed by atoms with van der Waals surface area (Å²) < 4.78 is 11.2. The third-order valence-electron chi connectivity index (χ3n) is 4.44. The number of aromatic nitrogens is 3. The minimum atomic E-state index is -0.600. The van der Waals surface area contributed by atoms with Crippen LogP contribution in [-0.4, -0.2) is 64.1 Å². The second kappa shape index (κ2) is 10.0. The molecule has 10 heteroatoms. The number of nitrogens with zero attached hydrogens (tertiary/aromatic N) is 4. The van der Waals surface area contributed by atoms with Gasteiger partial charge in [-0.05, 0) is 44.5 Å². The predicted octanol–water partition coefficient (Wildman–Crippen LogP) is 3.50. The number of morpholine rings is 1. The number of benzene rings is 1. The molecule has 1 aliphatic rings. The monoisotopic (exact) mass is 447 g/mol. The Labute approximate surface area is 186 Å². The number of amides is 1. The summed E-state index contributed by atoms with van der Waals surface area (Å²) in [7, 11) is 0. The van der Waals surface area contributed by atoms with Gasteiger partial charge in [0.1, 0.15) is 18.2 Å². The van der Waals surface area contributed by atoms with Gasteiger partial charge in [-0.25, -0.2) is 14.8 Å². The molecule has 0 aliphatic carbocycles. The molecule has 2 heterocycles. The average molecular weight is 448 g/mol. The van der Waals surface area contributed by atoms with Crippen LogP contribution in [0.5, 0.6) is 0 Å². The maximum atomic E-state index is 12.8. The Hall–Kier alpha value is -2.78. The molecule has 0 saturated carbocycles. The number of aldehydes is 1. The van der Waals surface area contributed by atoms with Gasteiger partial charge in [-0.2, -0.15) is 4.98 Å². The van der Waals surface area contributed by atoms with Crippen LogP contribution in [0.4, 0.5) is 10.7 Å². The topological polar surface area (TPSA) is 107 Å². The zero-order valence-electron chi connectivity index (χ0n) is 17.8. The fraction of sp³-hybridized carbons (Fsp3) is 0.476. The van der Waals surface area contributed by atoms with E-state index in [1.54, 1.807) is 17.0 Å². The van der Waals surface area contributed by atoms with Gasteiger partial charge in [0.05, 0.1) is 19.3 Å². The summed E-state index contributed by atoms with van der Waals surface area (Å²) in [4.78, 5) is 37.6. The van der Waals surface area contributed by atoms with E-state index in [1.807, 2.05) is 26.8 Å². The number of hydrogen-bond acceptors (Lipinski definition) is 8. The van der Waals surface area contributed by atoms with Gasteiger partial charge in [0.2, 0.25) is 5.95 Å². The second-order valence-corrected chi connectivity index (χ2v) is 8.49. The molecule has 0 bridgehead atoms. The smallest absolute Gasteiger partial charge is 0.410 e. The highest BCUT2D eigenvalue weighted by Gasteiger charge is 2.32. The lowest BCUT2D eigenvalue weighted by Crippen LogP contribution is -2.45. The van der Waals surface area contributed by atoms with Crippen LogP contribution in [0, 0.1) is 0 Å². The van der Waals surface area contributed by atoms with Crippen molar-refractivity contribution in [1.82, 2.24) is 19.9 Å². The molecule has 3 rings (SSSR count). The molecule has 166 valence electrons. The van der Waals surface area contributed by atoms with E-state index in [1.165, 1.54) is 6.33 Å². The van der Waals surface area contributed by atoms with Crippen molar-refractivity contribution < 1.29 is 19.1 Å². The summed E-state index contributed by atoms with van der Waals surface area (Å²) in [5.74, 6) is 0.789. The van der Waals surface area contributed by atoms with Crippen LogP contribution in [0.3, 0.4) is 0 Å². The largest absolute Gasteiger partial charge is 0.444 e. The fourth-order valence-electron chi connectivity index (χ4n) is 3.12. The van der Waals surface area contributed by atoms with E-state index in [9.17, 15) is 9.59 Å². The molecule has 2 aromatic rings. The van der Waals surface area contributed by atoms with Crippen molar-refractivity contribution in [1.29, 1.82) is 0 Å². The van der Waals surface area contributed by atoms with Crippen LogP contribution in [-0.2, 0) is 14.3 Å². The standard InChI is InChI=1S/C21H26ClN5O4/c1-21(2,3)31-20(29)27-6-8-30-12-17(27)14-9-15(11-16(22)10-14)18-24-13-25-19(26-18)23-5-4-7-28/h7,9-11,13,17H,4-6,8,12H2,1-3H3,(H,23,24,25,26)/t17-/m0/s1. The second-order valence-electron chi connectivity index (χ2n) is 8.05. The maximum absolute atomic E-state index is 12.8. The Morgan fingerprint density at radius 3 is 2.90 bits per heavy atom. The van der Waals surface area contributed by atoms with Crippen molar-refractivity contribution >= 4 is 29.9 Å². The number of carbonyl (C=O) groups excluding carboxylic acids is 2. The summed E-state index contributed by atoms with van der Waals surface area (Å²) in [6.45, 7) is 7.11. The van der Waals surface area contributed by atoms with Gasteiger partial charge >= 0.3 is 6.09 Å². The van der Waals surface area contributed by atoms with Crippen molar-refractivity contribution in [2.45, 2.75) is 38.8 Å². The zero-order valence-corrected chi connectivity index (χ0v) is 18.6. The quantitative estimate of drug-likeness (QED) is 0.529. The average Bonchev–Trinajstić information content (AvgIpc) is 2.72. The summed E-state index contributed by atoms with van der Waals surface area (Å²) in [5, 5.41) is 3.46. The summed E-state index contributed by atoms with van der Waals surface area (Å²) >= 11 is 6.39. The molecule has 1 N–H and O–H groups in total. The fourth-order valence-corrected chi connectivity index (χ4v) is 3.36. The van der Waals surface area contributed by atoms with Gasteiger partial charge in [0, 0.05) is 30.1 Å². The molecule has 1 atom stereocenters. The van der Waals surface area contributed by atoms with E-state index in [2.05, 4.69) is 20.3 Å². The SMILES string of the molecule is CC(C)(C)OC(=O)N1CCOC[C@H]1c1cc(Cl)cc(-c2ncnc(NCCC=O)n2)c1. The number of rotatable bonds is 6. The van der Waals surface area contributed by atoms with Gasteiger partial charge < -0.3 is 19.6 Å². The number of carbonyl (C=O) groups is 2. The summed E-state index contributed by atoms with van der Waals surface area (Å²) in [6.07, 6.45) is 2.16. The highest BCUT2D eigenvalue weighted by Crippen LogP contribution is 2.31. The first-order valence-electron chi connectivity index (χ1n) is 10.0. The molecule has 1 aliphatic heterocycles. The first kappa shape index (κ1) is 22.9. The first-order valence-corrected chi connectivity index (χ1v) is 10.4. The molecule has 1 aromatic carbocycles. The van der Waals surface area contributed by atoms with Crippen molar-refractivity contribution in [3.63, 3.8) is 0 Å². The van der Waals surface area contributed by atoms with E-state index in [0.717, 1.165) is 11.8 Å². The van der Waals surface area contributed by atoms with E-state index in [4.69, 9.17) is 21.1 Å². The lowest BCUT2D eigenvalue weighted by atomic mass is 10.0. The van der Waals surface area contributed by atoms with Crippen LogP contribution in [0.15, 0.2) is 24.5 Å². The van der Waals surface area contributed by atoms with E-state index in [0.29, 0.717) is 55.1 Å². The maximum Gasteiger partial charge on any atom is 0.410 e. The third-order valence-corrected chi connectivity index (χ3v) is 4.65. The summed E-state index contributed by atoms with van der Waals surface area (Å²) in [6, 6.07) is 5.07. The van der Waals surface area contributed by atoms with Crippen molar-refractivity contribution in [2.75, 3.05) is 31.6 Å². The van der Waals surface area contributed by atoms with Gasteiger partial charge in [-0.15, -0.1) is 0 Å². The number of anilines is 1. The van der Waals surface area contributed by atoms with Gasteiger partial charge in [-0.3, -0.25) is 4.90 Å². The molecule has 31 heavy (non-hydrogen) atoms. The number of ether oxygens (including phenoxy) is 2. The van der Waals surface area contributed by atoms with E-state index >= 15 is 0 Å². The molecule has 9 nitrogen and oxygen atoms in total. The zero-order chi connectivity index (χ0) is 22.4. The highest BCUT2D eigenvalue weighted by molar-refractivity contribution is 6.31. The minimum absolute atomic E-state index is 0.328. The minimum Gasteiger partial charge on any atom is -0.444 e. The van der Waals surface area contributed by atoms with Crippen LogP contribution in [0.2, 0.25) is 5.02 Å². The molecule has 0 spiro atoms. The first-order chi connectivity index (χ1) is 14.8. The molecular weight excluding hydrogens is 422 g/mol. The van der Waals surface area contributed by atoms with Gasteiger partial charge in [0.25, 0.3) is 0 Å². The highest BCUT2D eigenvalue weighted by atomic mass is 35.5. The molecule has 0 unspecified atom stereocenters. The lowest BCUT2D eigenvalue weighted by Gasteiger charge is -2.37. The molecule has 1 amide bonds. The number of nitrogens with one attached hydrogen (secondary N) is 1.